The number of aromatic amines is 5. The molecule has 0 atom stereocenters. The van der Waals surface area contributed by atoms with E-state index in [2.05, 4.69) is 73.4 Å². The van der Waals surface area contributed by atoms with Gasteiger partial charge in [0.25, 0.3) is 29.5 Å². The number of aromatic nitrogens is 10. The Kier molecular flexibility index (Phi) is 41.2. The number of benzene rings is 3. The molecule has 2 aliphatic rings. The number of aryl methyl sites for hydroxylation is 5. The summed E-state index contributed by atoms with van der Waals surface area (Å²) in [6.07, 6.45) is 19.8. The molecule has 594 valence electrons. The normalized spacial score (nSPS) is 10.7. The number of nitrogens with one attached hydrogen (secondary N) is 10. The Hall–Kier alpha value is -11.8. The summed E-state index contributed by atoms with van der Waals surface area (Å²) in [6.45, 7) is 28.8. The fourth-order valence-corrected chi connectivity index (χ4v) is 13.7. The van der Waals surface area contributed by atoms with Crippen molar-refractivity contribution in [2.45, 2.75) is 146 Å². The van der Waals surface area contributed by atoms with Gasteiger partial charge in [0.15, 0.2) is 0 Å². The predicted molar refractivity (Wildman–Crippen MR) is 470 cm³/mol. The van der Waals surface area contributed by atoms with Crippen LogP contribution in [0.4, 0.5) is 17.1 Å². The average molecular weight is 1620 g/mol. The van der Waals surface area contributed by atoms with E-state index < -0.39 is 17.7 Å². The zero-order valence-electron chi connectivity index (χ0n) is 62.3. The van der Waals surface area contributed by atoms with Crippen molar-refractivity contribution in [2.75, 3.05) is 16.0 Å². The fourth-order valence-electron chi connectivity index (χ4n) is 9.88. The number of amides is 5. The Morgan fingerprint density at radius 1 is 0.304 bits per heavy atom. The van der Waals surface area contributed by atoms with E-state index in [1.165, 1.54) is 88.6 Å². The summed E-state index contributed by atoms with van der Waals surface area (Å²) >= 11 is 6.09. The zero-order chi connectivity index (χ0) is 79.1. The van der Waals surface area contributed by atoms with Gasteiger partial charge in [0.2, 0.25) is 27.1 Å². The van der Waals surface area contributed by atoms with Gasteiger partial charge in [0.1, 0.15) is 52.0 Å². The molecule has 10 aromatic heterocycles. The van der Waals surface area contributed by atoms with Crippen molar-refractivity contribution >= 4 is 155 Å². The highest BCUT2D eigenvalue weighted by atomic mass is 32.1. The molecular formula is C82H101N15O10S5. The van der Waals surface area contributed by atoms with Crippen LogP contribution in [0, 0.1) is 34.6 Å². The van der Waals surface area contributed by atoms with Crippen LogP contribution in [-0.2, 0) is 0 Å². The van der Waals surface area contributed by atoms with Crippen molar-refractivity contribution in [3.05, 3.63) is 277 Å². The number of nitrogens with zero attached hydrogens (tertiary/aromatic N) is 5. The number of para-hydroxylation sites is 3. The van der Waals surface area contributed by atoms with Crippen LogP contribution >= 0.6 is 57.7 Å². The van der Waals surface area contributed by atoms with E-state index in [0.29, 0.717) is 109 Å². The van der Waals surface area contributed by atoms with E-state index in [-0.39, 0.29) is 96.5 Å². The summed E-state index contributed by atoms with van der Waals surface area (Å²) in [4.78, 5) is 140. The Balaban J connectivity index is 0.000000457. The van der Waals surface area contributed by atoms with E-state index in [1.54, 1.807) is 71.0 Å². The lowest BCUT2D eigenvalue weighted by atomic mass is 10.2. The molecular weight excluding hydrogens is 1520 g/mol. The van der Waals surface area contributed by atoms with Gasteiger partial charge in [-0.05, 0) is 141 Å². The van der Waals surface area contributed by atoms with E-state index in [0.717, 1.165) is 11.4 Å². The third kappa shape index (κ3) is 24.1. The molecule has 10 heterocycles. The van der Waals surface area contributed by atoms with E-state index >= 15 is 0 Å². The highest BCUT2D eigenvalue weighted by Gasteiger charge is 2.22. The molecule has 2 aliphatic carbocycles. The Morgan fingerprint density at radius 2 is 0.491 bits per heavy atom. The quantitative estimate of drug-likeness (QED) is 0.0608. The van der Waals surface area contributed by atoms with Crippen molar-refractivity contribution in [1.29, 1.82) is 0 Å². The highest BCUT2D eigenvalue weighted by molar-refractivity contribution is 7.14. The molecule has 112 heavy (non-hydrogen) atoms. The number of pyridine rings is 5. The lowest BCUT2D eigenvalue weighted by Crippen LogP contribution is -2.28. The smallest absolute Gasteiger partial charge is 0.261 e. The highest BCUT2D eigenvalue weighted by Crippen LogP contribution is 2.23. The maximum atomic E-state index is 12.3. The minimum Gasteiger partial charge on any atom is -0.351 e. The van der Waals surface area contributed by atoms with Gasteiger partial charge >= 0.3 is 0 Å². The second kappa shape index (κ2) is 48.0. The molecule has 0 saturated heterocycles. The van der Waals surface area contributed by atoms with Crippen LogP contribution in [0.5, 0.6) is 0 Å². The van der Waals surface area contributed by atoms with E-state index in [9.17, 15) is 47.9 Å². The molecule has 0 aliphatic heterocycles. The number of hydrogen-bond donors (Lipinski definition) is 10. The number of rotatable bonds is 10. The molecule has 10 N–H and O–H groups in total. The third-order valence-electron chi connectivity index (χ3n) is 14.8. The lowest BCUT2D eigenvalue weighted by molar-refractivity contribution is 0.0955. The molecule has 13 aromatic rings. The SMILES string of the molecule is C.C.C.C.CC.CC.CC.CC.CC.Cc1nsc2[nH]cc(C(=O)NC3=CC=CC3)c(=O)c12.Cc1nsc2[nH]cc(C(=O)NC3=CC=CC3)c(=O)c12.Cc1nsc2[nH]cc(C(=O)Nc3ccccc3)c(=O)c12.Cc1nsc2[nH]cc(C(=O)Nc3ccccc3)c(=O)c12.Cc1nsc2[nH]cc(C(=O)Nc3ccccc3)c(=O)c12. The third-order valence-corrected chi connectivity index (χ3v) is 19.2. The van der Waals surface area contributed by atoms with Crippen molar-refractivity contribution in [3.63, 3.8) is 0 Å². The predicted octanol–water partition coefficient (Wildman–Crippen LogP) is 19.0. The average Bonchev–Trinajstić information content (AvgIpc) is 1.64. The second-order valence-corrected chi connectivity index (χ2v) is 25.4. The van der Waals surface area contributed by atoms with Crippen molar-refractivity contribution < 1.29 is 24.0 Å². The van der Waals surface area contributed by atoms with E-state index in [4.69, 9.17) is 0 Å². The van der Waals surface area contributed by atoms with Crippen molar-refractivity contribution in [1.82, 2.24) is 57.4 Å². The minimum absolute atomic E-state index is 0. The van der Waals surface area contributed by atoms with Crippen LogP contribution in [0.3, 0.4) is 0 Å². The maximum Gasteiger partial charge on any atom is 0.261 e. The molecule has 0 unspecified atom stereocenters. The summed E-state index contributed by atoms with van der Waals surface area (Å²) in [6, 6.07) is 27.1. The van der Waals surface area contributed by atoms with Crippen molar-refractivity contribution in [2.24, 2.45) is 0 Å². The first-order chi connectivity index (χ1) is 52.3. The van der Waals surface area contributed by atoms with Crippen LogP contribution in [0.1, 0.15) is 192 Å². The summed E-state index contributed by atoms with van der Waals surface area (Å²) in [7, 11) is 0. The summed E-state index contributed by atoms with van der Waals surface area (Å²) in [5, 5.41) is 16.0. The maximum absolute atomic E-state index is 12.3. The number of hydrogen-bond acceptors (Lipinski definition) is 20. The van der Waals surface area contributed by atoms with Gasteiger partial charge in [-0.2, -0.15) is 21.9 Å². The number of carbonyl (C=O) groups is 5. The standard InChI is InChI=1S/3C14H11N3O2S.2C13H11N3O2S.5C2H6.4CH4/c3*1-8-11-12(18)10(7-15-14(11)20-17-8)13(19)16-9-5-3-2-4-6-9;2*1-7-10-11(17)9(6-14-13(10)19-16-7)12(18)15-8-4-2-3-5-8;5*1-2;;;;/h3*2-7H,1H3,(H,15,18)(H,16,19);2*2-4,6H,5H2,1H3,(H,14,17)(H,15,18);5*1-2H3;4*1H4. The molecule has 25 nitrogen and oxygen atoms in total. The zero-order valence-corrected chi connectivity index (χ0v) is 66.4. The first kappa shape index (κ1) is 96.2. The van der Waals surface area contributed by atoms with Crippen molar-refractivity contribution in [3.8, 4) is 0 Å². The molecule has 0 spiro atoms. The monoisotopic (exact) mass is 1620 g/mol. The topological polar surface area (TPSA) is 374 Å². The van der Waals surface area contributed by atoms with Gasteiger partial charge in [-0.3, -0.25) is 47.9 Å². The van der Waals surface area contributed by atoms with Gasteiger partial charge in [0, 0.05) is 72.3 Å². The van der Waals surface area contributed by atoms with Gasteiger partial charge in [0.05, 0.1) is 55.4 Å². The molecule has 0 radical (unpaired) electrons. The largest absolute Gasteiger partial charge is 0.351 e. The molecule has 0 saturated carbocycles. The number of H-pyrrole nitrogens is 5. The second-order valence-electron chi connectivity index (χ2n) is 21.5. The summed E-state index contributed by atoms with van der Waals surface area (Å²) < 4.78 is 20.6. The first-order valence-electron chi connectivity index (χ1n) is 34.6. The first-order valence-corrected chi connectivity index (χ1v) is 38.5. The van der Waals surface area contributed by atoms with Crippen LogP contribution in [0.2, 0.25) is 0 Å². The van der Waals surface area contributed by atoms with Gasteiger partial charge in [-0.1, -0.05) is 178 Å². The minimum atomic E-state index is -0.426. The molecule has 3 aromatic carbocycles. The Bertz CT molecular complexity index is 5230. The molecule has 30 heteroatoms. The fraction of sp³-hybridized carbons (Fsp3) is 0.256. The lowest BCUT2D eigenvalue weighted by Gasteiger charge is -2.05. The van der Waals surface area contributed by atoms with Gasteiger partial charge < -0.3 is 51.5 Å². The number of anilines is 3. The molecule has 0 fully saturated rings. The van der Waals surface area contributed by atoms with Crippen LogP contribution in [0.15, 0.2) is 194 Å². The van der Waals surface area contributed by atoms with Gasteiger partial charge in [-0.15, -0.1) is 0 Å². The van der Waals surface area contributed by atoms with Crippen LogP contribution < -0.4 is 53.7 Å². The number of allylic oxidation sites excluding steroid dienone is 6. The molecule has 0 bridgehead atoms. The van der Waals surface area contributed by atoms with Crippen LogP contribution in [0.25, 0.3) is 51.1 Å². The number of fused-ring (bicyclic) bond motifs is 5. The van der Waals surface area contributed by atoms with Crippen LogP contribution in [-0.4, -0.2) is 76.3 Å². The molecule has 15 rings (SSSR count). The molecule has 5 amide bonds. The summed E-state index contributed by atoms with van der Waals surface area (Å²) in [5.74, 6) is -2.05. The number of carbonyl (C=O) groups excluding carboxylic acids is 5. The van der Waals surface area contributed by atoms with E-state index in [1.807, 2.05) is 160 Å². The summed E-state index contributed by atoms with van der Waals surface area (Å²) in [5.41, 5.74) is 5.83. The Morgan fingerprint density at radius 3 is 0.670 bits per heavy atom. The Labute approximate surface area is 671 Å². The van der Waals surface area contributed by atoms with Gasteiger partial charge in [-0.25, -0.2) is 0 Å².